The molecule has 1 aliphatic rings. The van der Waals surface area contributed by atoms with Crippen molar-refractivity contribution >= 4 is 23.4 Å². The highest BCUT2D eigenvalue weighted by Crippen LogP contribution is 2.13. The molecule has 0 spiro atoms. The molecule has 1 saturated heterocycles. The van der Waals surface area contributed by atoms with Gasteiger partial charge in [0.05, 0.1) is 0 Å². The Morgan fingerprint density at radius 2 is 1.71 bits per heavy atom. The van der Waals surface area contributed by atoms with E-state index < -0.39 is 0 Å². The van der Waals surface area contributed by atoms with Crippen LogP contribution in [0.15, 0.2) is 24.3 Å². The third-order valence-corrected chi connectivity index (χ3v) is 3.75. The lowest BCUT2D eigenvalue weighted by atomic mass is 10.2. The van der Waals surface area contributed by atoms with Crippen molar-refractivity contribution in [2.24, 2.45) is 0 Å². The van der Waals surface area contributed by atoms with Gasteiger partial charge in [-0.15, -0.1) is 0 Å². The third-order valence-electron chi connectivity index (χ3n) is 3.49. The third kappa shape index (κ3) is 4.19. The quantitative estimate of drug-likeness (QED) is 0.853. The van der Waals surface area contributed by atoms with Crippen LogP contribution in [0.25, 0.3) is 0 Å². The van der Waals surface area contributed by atoms with Gasteiger partial charge in [-0.25, -0.2) is 0 Å². The Kier molecular flexibility index (Phi) is 5.59. The first-order chi connectivity index (χ1) is 10.1. The van der Waals surface area contributed by atoms with Gasteiger partial charge in [-0.05, 0) is 30.7 Å². The van der Waals surface area contributed by atoms with Gasteiger partial charge in [0, 0.05) is 43.9 Å². The van der Waals surface area contributed by atoms with E-state index in [-0.39, 0.29) is 18.4 Å². The molecule has 0 unspecified atom stereocenters. The van der Waals surface area contributed by atoms with Crippen LogP contribution in [-0.4, -0.2) is 61.5 Å². The van der Waals surface area contributed by atoms with E-state index in [1.165, 1.54) is 7.11 Å². The molecule has 0 aliphatic carbocycles. The second-order valence-electron chi connectivity index (χ2n) is 4.97. The van der Waals surface area contributed by atoms with E-state index >= 15 is 0 Å². The van der Waals surface area contributed by atoms with E-state index in [4.69, 9.17) is 16.3 Å². The van der Waals surface area contributed by atoms with Gasteiger partial charge in [0.2, 0.25) is 5.91 Å². The Morgan fingerprint density at radius 3 is 2.38 bits per heavy atom. The van der Waals surface area contributed by atoms with Crippen molar-refractivity contribution in [2.75, 3.05) is 39.9 Å². The number of carbonyl (C=O) groups excluding carboxylic acids is 2. The van der Waals surface area contributed by atoms with Crippen LogP contribution in [0.5, 0.6) is 0 Å². The lowest BCUT2D eigenvalue weighted by Gasteiger charge is -2.22. The zero-order valence-corrected chi connectivity index (χ0v) is 12.8. The van der Waals surface area contributed by atoms with Crippen molar-refractivity contribution in [1.82, 2.24) is 9.80 Å². The number of amides is 2. The summed E-state index contributed by atoms with van der Waals surface area (Å²) >= 11 is 5.83. The molecule has 5 nitrogen and oxygen atoms in total. The zero-order valence-electron chi connectivity index (χ0n) is 12.0. The summed E-state index contributed by atoms with van der Waals surface area (Å²) in [6, 6.07) is 6.87. The van der Waals surface area contributed by atoms with Crippen LogP contribution in [0.3, 0.4) is 0 Å². The molecule has 0 atom stereocenters. The summed E-state index contributed by atoms with van der Waals surface area (Å²) < 4.78 is 4.87. The zero-order chi connectivity index (χ0) is 15.2. The number of halogens is 1. The van der Waals surface area contributed by atoms with Crippen molar-refractivity contribution < 1.29 is 14.3 Å². The van der Waals surface area contributed by atoms with Crippen LogP contribution in [0.1, 0.15) is 16.8 Å². The SMILES string of the molecule is COCC(=O)N1CCCN(C(=O)c2ccc(Cl)cc2)CC1. The predicted molar refractivity (Wildman–Crippen MR) is 80.4 cm³/mol. The number of ether oxygens (including phenoxy) is 1. The number of methoxy groups -OCH3 is 1. The number of hydrogen-bond donors (Lipinski definition) is 0. The van der Waals surface area contributed by atoms with E-state index in [9.17, 15) is 9.59 Å². The molecule has 0 bridgehead atoms. The van der Waals surface area contributed by atoms with E-state index in [1.807, 2.05) is 0 Å². The lowest BCUT2D eigenvalue weighted by Crippen LogP contribution is -2.38. The molecule has 1 aliphatic heterocycles. The summed E-state index contributed by atoms with van der Waals surface area (Å²) in [5.74, 6) is -0.0500. The standard InChI is InChI=1S/C15H19ClN2O3/c1-21-11-14(19)17-7-2-8-18(10-9-17)15(20)12-3-5-13(16)6-4-12/h3-6H,2,7-11H2,1H3. The average Bonchev–Trinajstić information content (AvgIpc) is 2.73. The highest BCUT2D eigenvalue weighted by atomic mass is 35.5. The van der Waals surface area contributed by atoms with Crippen LogP contribution >= 0.6 is 11.6 Å². The molecule has 0 aromatic heterocycles. The van der Waals surface area contributed by atoms with E-state index in [0.29, 0.717) is 36.8 Å². The van der Waals surface area contributed by atoms with Gasteiger partial charge < -0.3 is 14.5 Å². The normalized spacial score (nSPS) is 15.7. The first-order valence-corrected chi connectivity index (χ1v) is 7.31. The molecule has 0 saturated carbocycles. The monoisotopic (exact) mass is 310 g/mol. The smallest absolute Gasteiger partial charge is 0.253 e. The van der Waals surface area contributed by atoms with Gasteiger partial charge in [0.15, 0.2) is 0 Å². The van der Waals surface area contributed by atoms with Crippen LogP contribution in [0.2, 0.25) is 5.02 Å². The predicted octanol–water partition coefficient (Wildman–Crippen LogP) is 1.66. The number of rotatable bonds is 3. The van der Waals surface area contributed by atoms with E-state index in [0.717, 1.165) is 6.42 Å². The van der Waals surface area contributed by atoms with E-state index in [2.05, 4.69) is 0 Å². The highest BCUT2D eigenvalue weighted by molar-refractivity contribution is 6.30. The van der Waals surface area contributed by atoms with Gasteiger partial charge in [-0.2, -0.15) is 0 Å². The fourth-order valence-corrected chi connectivity index (χ4v) is 2.49. The number of carbonyl (C=O) groups is 2. The Bertz CT molecular complexity index is 504. The summed E-state index contributed by atoms with van der Waals surface area (Å²) in [5, 5.41) is 0.610. The number of hydrogen-bond acceptors (Lipinski definition) is 3. The second kappa shape index (κ2) is 7.43. The van der Waals surface area contributed by atoms with Gasteiger partial charge in [-0.3, -0.25) is 9.59 Å². The Labute approximate surface area is 129 Å². The maximum Gasteiger partial charge on any atom is 0.253 e. The lowest BCUT2D eigenvalue weighted by molar-refractivity contribution is -0.135. The van der Waals surface area contributed by atoms with Gasteiger partial charge in [0.1, 0.15) is 6.61 Å². The largest absolute Gasteiger partial charge is 0.375 e. The van der Waals surface area contributed by atoms with Crippen molar-refractivity contribution in [3.8, 4) is 0 Å². The van der Waals surface area contributed by atoms with Gasteiger partial charge >= 0.3 is 0 Å². The van der Waals surface area contributed by atoms with Crippen molar-refractivity contribution in [1.29, 1.82) is 0 Å². The van der Waals surface area contributed by atoms with Crippen molar-refractivity contribution in [3.63, 3.8) is 0 Å². The number of nitrogens with zero attached hydrogens (tertiary/aromatic N) is 2. The first kappa shape index (κ1) is 15.8. The van der Waals surface area contributed by atoms with Crippen LogP contribution in [0.4, 0.5) is 0 Å². The van der Waals surface area contributed by atoms with Crippen molar-refractivity contribution in [3.05, 3.63) is 34.9 Å². The van der Waals surface area contributed by atoms with Crippen LogP contribution in [-0.2, 0) is 9.53 Å². The summed E-state index contributed by atoms with van der Waals surface area (Å²) in [5.41, 5.74) is 0.621. The fraction of sp³-hybridized carbons (Fsp3) is 0.467. The summed E-state index contributed by atoms with van der Waals surface area (Å²) in [6.45, 7) is 2.48. The Hall–Kier alpha value is -1.59. The molecule has 1 aromatic rings. The molecule has 1 fully saturated rings. The summed E-state index contributed by atoms with van der Waals surface area (Å²) in [6.07, 6.45) is 0.773. The Balaban J connectivity index is 1.97. The molecule has 0 N–H and O–H groups in total. The molecule has 21 heavy (non-hydrogen) atoms. The van der Waals surface area contributed by atoms with E-state index in [1.54, 1.807) is 34.1 Å². The molecule has 2 rings (SSSR count). The topological polar surface area (TPSA) is 49.9 Å². The minimum atomic E-state index is -0.0294. The van der Waals surface area contributed by atoms with Crippen molar-refractivity contribution in [2.45, 2.75) is 6.42 Å². The molecule has 1 heterocycles. The second-order valence-corrected chi connectivity index (χ2v) is 5.40. The van der Waals surface area contributed by atoms with Gasteiger partial charge in [0.25, 0.3) is 5.91 Å². The number of benzene rings is 1. The maximum atomic E-state index is 12.4. The molecule has 6 heteroatoms. The molecular weight excluding hydrogens is 292 g/mol. The summed E-state index contributed by atoms with van der Waals surface area (Å²) in [4.78, 5) is 27.8. The first-order valence-electron chi connectivity index (χ1n) is 6.93. The minimum absolute atomic E-state index is 0.0206. The summed E-state index contributed by atoms with van der Waals surface area (Å²) in [7, 11) is 1.51. The molecule has 0 radical (unpaired) electrons. The highest BCUT2D eigenvalue weighted by Gasteiger charge is 2.22. The molecule has 1 aromatic carbocycles. The molecule has 114 valence electrons. The van der Waals surface area contributed by atoms with Gasteiger partial charge in [-0.1, -0.05) is 11.6 Å². The maximum absolute atomic E-state index is 12.4. The fourth-order valence-electron chi connectivity index (χ4n) is 2.36. The molecule has 2 amide bonds. The van der Waals surface area contributed by atoms with Crippen LogP contribution < -0.4 is 0 Å². The average molecular weight is 311 g/mol. The minimum Gasteiger partial charge on any atom is -0.375 e. The van der Waals surface area contributed by atoms with Crippen LogP contribution in [0, 0.1) is 0 Å². The Morgan fingerprint density at radius 1 is 1.10 bits per heavy atom. The molecular formula is C15H19ClN2O3.